The van der Waals surface area contributed by atoms with Crippen molar-refractivity contribution in [1.29, 1.82) is 0 Å². The van der Waals surface area contributed by atoms with Crippen molar-refractivity contribution in [1.82, 2.24) is 20.1 Å². The fourth-order valence-electron chi connectivity index (χ4n) is 3.96. The summed E-state index contributed by atoms with van der Waals surface area (Å²) < 4.78 is 1.79. The van der Waals surface area contributed by atoms with Gasteiger partial charge < -0.3 is 5.32 Å². The third-order valence-electron chi connectivity index (χ3n) is 5.49. The molecule has 1 aliphatic heterocycles. The Hall–Kier alpha value is -2.34. The first-order valence-corrected chi connectivity index (χ1v) is 10.5. The minimum atomic E-state index is -0.0212. The van der Waals surface area contributed by atoms with E-state index in [4.69, 9.17) is 4.98 Å². The zero-order valence-electron chi connectivity index (χ0n) is 15.5. The first-order chi connectivity index (χ1) is 13.1. The van der Waals surface area contributed by atoms with Crippen LogP contribution in [0.4, 0.5) is 0 Å². The maximum absolute atomic E-state index is 13.3. The van der Waals surface area contributed by atoms with Crippen molar-refractivity contribution in [2.75, 3.05) is 5.75 Å². The molecule has 5 rings (SSSR count). The summed E-state index contributed by atoms with van der Waals surface area (Å²) in [6.45, 7) is 1.95. The second-order valence-corrected chi connectivity index (χ2v) is 8.61. The summed E-state index contributed by atoms with van der Waals surface area (Å²) >= 11 is 1.86. The number of thioether (sulfide) groups is 1. The molecule has 1 amide bonds. The standard InChI is InChI=1S/C21H22N4OS/c1-12-19-15(11-17(13-7-8-13)22-20(19)25(2)24-12)21(26)23-16-9-10-27-18-6-4-3-5-14(16)18/h3-6,11,13,16H,7-10H2,1-2H3,(H,23,26). The number of carbonyl (C=O) groups is 1. The van der Waals surface area contributed by atoms with E-state index in [1.807, 2.05) is 37.9 Å². The molecule has 3 aromatic rings. The van der Waals surface area contributed by atoms with Gasteiger partial charge in [-0.3, -0.25) is 9.48 Å². The predicted molar refractivity (Wildman–Crippen MR) is 107 cm³/mol. The summed E-state index contributed by atoms with van der Waals surface area (Å²) in [5.74, 6) is 1.49. The molecule has 1 N–H and O–H groups in total. The summed E-state index contributed by atoms with van der Waals surface area (Å²) in [4.78, 5) is 19.4. The third-order valence-corrected chi connectivity index (χ3v) is 6.62. The number of carbonyl (C=O) groups excluding carboxylic acids is 1. The second kappa shape index (κ2) is 6.37. The number of hydrogen-bond donors (Lipinski definition) is 1. The molecule has 138 valence electrons. The van der Waals surface area contributed by atoms with Gasteiger partial charge in [0.25, 0.3) is 5.91 Å². The third kappa shape index (κ3) is 2.92. The average Bonchev–Trinajstić information content (AvgIpc) is 3.48. The number of aromatic nitrogens is 3. The van der Waals surface area contributed by atoms with Crippen LogP contribution in [-0.2, 0) is 7.05 Å². The highest BCUT2D eigenvalue weighted by molar-refractivity contribution is 7.99. The lowest BCUT2D eigenvalue weighted by Gasteiger charge is -2.26. The Balaban J connectivity index is 1.55. The molecule has 5 nitrogen and oxygen atoms in total. The topological polar surface area (TPSA) is 59.8 Å². The van der Waals surface area contributed by atoms with E-state index in [1.54, 1.807) is 4.68 Å². The number of benzene rings is 1. The number of nitrogens with zero attached hydrogens (tertiary/aromatic N) is 3. The summed E-state index contributed by atoms with van der Waals surface area (Å²) in [5.41, 5.74) is 4.62. The summed E-state index contributed by atoms with van der Waals surface area (Å²) in [5, 5.41) is 8.67. The molecule has 1 atom stereocenters. The van der Waals surface area contributed by atoms with E-state index in [0.29, 0.717) is 11.5 Å². The Morgan fingerprint density at radius 3 is 2.89 bits per heavy atom. The molecule has 27 heavy (non-hydrogen) atoms. The van der Waals surface area contributed by atoms with Crippen molar-refractivity contribution >= 4 is 28.7 Å². The van der Waals surface area contributed by atoms with Crippen molar-refractivity contribution in [2.24, 2.45) is 7.05 Å². The fraction of sp³-hybridized carbons (Fsp3) is 0.381. The van der Waals surface area contributed by atoms with Gasteiger partial charge in [-0.05, 0) is 43.9 Å². The van der Waals surface area contributed by atoms with E-state index in [9.17, 15) is 4.79 Å². The van der Waals surface area contributed by atoms with Crippen LogP contribution in [0.5, 0.6) is 0 Å². The van der Waals surface area contributed by atoms with Gasteiger partial charge in [-0.15, -0.1) is 11.8 Å². The molecule has 6 heteroatoms. The van der Waals surface area contributed by atoms with Crippen LogP contribution in [-0.4, -0.2) is 26.4 Å². The molecule has 3 heterocycles. The number of aryl methyl sites for hydroxylation is 2. The number of amides is 1. The molecule has 1 unspecified atom stereocenters. The number of fused-ring (bicyclic) bond motifs is 2. The van der Waals surface area contributed by atoms with Crippen LogP contribution in [0.1, 0.15) is 58.5 Å². The zero-order valence-corrected chi connectivity index (χ0v) is 16.3. The Bertz CT molecular complexity index is 1050. The Morgan fingerprint density at radius 1 is 1.26 bits per heavy atom. The van der Waals surface area contributed by atoms with E-state index in [2.05, 4.69) is 28.6 Å². The lowest BCUT2D eigenvalue weighted by atomic mass is 10.0. The lowest BCUT2D eigenvalue weighted by Crippen LogP contribution is -2.31. The predicted octanol–water partition coefficient (Wildman–Crippen LogP) is 4.12. The highest BCUT2D eigenvalue weighted by atomic mass is 32.2. The fourth-order valence-corrected chi connectivity index (χ4v) is 5.08. The maximum atomic E-state index is 13.3. The molecular formula is C21H22N4OS. The van der Waals surface area contributed by atoms with Gasteiger partial charge in [0.2, 0.25) is 0 Å². The van der Waals surface area contributed by atoms with Gasteiger partial charge in [0.05, 0.1) is 22.7 Å². The lowest BCUT2D eigenvalue weighted by molar-refractivity contribution is 0.0936. The van der Waals surface area contributed by atoms with Gasteiger partial charge >= 0.3 is 0 Å². The van der Waals surface area contributed by atoms with Gasteiger partial charge in [-0.25, -0.2) is 4.98 Å². The number of nitrogens with one attached hydrogen (secondary N) is 1. The van der Waals surface area contributed by atoms with Crippen LogP contribution < -0.4 is 5.32 Å². The SMILES string of the molecule is Cc1nn(C)c2nc(C3CC3)cc(C(=O)NC3CCSc4ccccc43)c12. The van der Waals surface area contributed by atoms with Crippen LogP contribution in [0.3, 0.4) is 0 Å². The summed E-state index contributed by atoms with van der Waals surface area (Å²) in [6, 6.07) is 10.4. The molecule has 0 saturated heterocycles. The molecule has 1 fully saturated rings. The Labute approximate surface area is 162 Å². The van der Waals surface area contributed by atoms with Gasteiger partial charge in [0.15, 0.2) is 5.65 Å². The molecule has 1 aliphatic carbocycles. The molecule has 1 aromatic carbocycles. The van der Waals surface area contributed by atoms with Crippen molar-refractivity contribution in [3.05, 3.63) is 52.8 Å². The average molecular weight is 379 g/mol. The molecule has 0 radical (unpaired) electrons. The Morgan fingerprint density at radius 2 is 2.07 bits per heavy atom. The number of pyridine rings is 1. The number of hydrogen-bond acceptors (Lipinski definition) is 4. The van der Waals surface area contributed by atoms with Crippen LogP contribution >= 0.6 is 11.8 Å². The van der Waals surface area contributed by atoms with Gasteiger partial charge in [-0.2, -0.15) is 5.10 Å². The monoisotopic (exact) mass is 378 g/mol. The van der Waals surface area contributed by atoms with Gasteiger partial charge in [-0.1, -0.05) is 18.2 Å². The molecule has 1 saturated carbocycles. The van der Waals surface area contributed by atoms with Crippen molar-refractivity contribution in [3.63, 3.8) is 0 Å². The number of rotatable bonds is 3. The van der Waals surface area contributed by atoms with E-state index in [0.717, 1.165) is 47.4 Å². The van der Waals surface area contributed by atoms with Crippen molar-refractivity contribution < 1.29 is 4.79 Å². The van der Waals surface area contributed by atoms with E-state index >= 15 is 0 Å². The van der Waals surface area contributed by atoms with Crippen LogP contribution in [0.2, 0.25) is 0 Å². The molecule has 2 aliphatic rings. The molecular weight excluding hydrogens is 356 g/mol. The van der Waals surface area contributed by atoms with Gasteiger partial charge in [0.1, 0.15) is 0 Å². The van der Waals surface area contributed by atoms with Crippen LogP contribution in [0, 0.1) is 6.92 Å². The molecule has 0 bridgehead atoms. The minimum absolute atomic E-state index is 0.0212. The van der Waals surface area contributed by atoms with E-state index in [1.165, 1.54) is 10.5 Å². The first-order valence-electron chi connectivity index (χ1n) is 9.48. The smallest absolute Gasteiger partial charge is 0.252 e. The highest BCUT2D eigenvalue weighted by Crippen LogP contribution is 2.41. The van der Waals surface area contributed by atoms with E-state index < -0.39 is 0 Å². The first kappa shape index (κ1) is 16.8. The van der Waals surface area contributed by atoms with Crippen molar-refractivity contribution in [3.8, 4) is 0 Å². The second-order valence-electron chi connectivity index (χ2n) is 7.48. The minimum Gasteiger partial charge on any atom is -0.345 e. The normalized spacial score (nSPS) is 19.1. The van der Waals surface area contributed by atoms with E-state index in [-0.39, 0.29) is 11.9 Å². The summed E-state index contributed by atoms with van der Waals surface area (Å²) in [7, 11) is 1.90. The highest BCUT2D eigenvalue weighted by Gasteiger charge is 2.29. The molecule has 0 spiro atoms. The maximum Gasteiger partial charge on any atom is 0.252 e. The quantitative estimate of drug-likeness (QED) is 0.745. The van der Waals surface area contributed by atoms with Crippen LogP contribution in [0.25, 0.3) is 11.0 Å². The molecule has 2 aromatic heterocycles. The van der Waals surface area contributed by atoms with Crippen LogP contribution in [0.15, 0.2) is 35.2 Å². The van der Waals surface area contributed by atoms with Gasteiger partial charge in [0, 0.05) is 29.3 Å². The largest absolute Gasteiger partial charge is 0.345 e. The zero-order chi connectivity index (χ0) is 18.5. The Kier molecular flexibility index (Phi) is 3.97. The summed E-state index contributed by atoms with van der Waals surface area (Å²) in [6.07, 6.45) is 3.26. The van der Waals surface area contributed by atoms with Crippen molar-refractivity contribution in [2.45, 2.75) is 43.0 Å².